The van der Waals surface area contributed by atoms with Gasteiger partial charge in [-0.1, -0.05) is 50.2 Å². The van der Waals surface area contributed by atoms with E-state index in [0.29, 0.717) is 34.0 Å². The molecule has 0 aliphatic heterocycles. The summed E-state index contributed by atoms with van der Waals surface area (Å²) in [5.41, 5.74) is 15.0. The van der Waals surface area contributed by atoms with E-state index >= 15 is 0 Å². The fraction of sp³-hybridized carbons (Fsp3) is 0.103. The van der Waals surface area contributed by atoms with Gasteiger partial charge in [-0.3, -0.25) is 0 Å². The highest BCUT2D eigenvalue weighted by Gasteiger charge is 2.23. The van der Waals surface area contributed by atoms with Crippen molar-refractivity contribution < 1.29 is 19.1 Å². The molecule has 0 saturated heterocycles. The minimum atomic E-state index is -0.465. The van der Waals surface area contributed by atoms with Crippen molar-refractivity contribution in [1.29, 1.82) is 0 Å². The zero-order valence-corrected chi connectivity index (χ0v) is 19.5. The second-order valence-corrected chi connectivity index (χ2v) is 8.70. The van der Waals surface area contributed by atoms with Crippen molar-refractivity contribution in [3.8, 4) is 11.5 Å². The number of ether oxygens (including phenoxy) is 2. The predicted molar refractivity (Wildman–Crippen MR) is 137 cm³/mol. The summed E-state index contributed by atoms with van der Waals surface area (Å²) in [7, 11) is 0. The van der Waals surface area contributed by atoms with E-state index in [2.05, 4.69) is 13.8 Å². The van der Waals surface area contributed by atoms with Crippen LogP contribution in [0.3, 0.4) is 0 Å². The molecule has 35 heavy (non-hydrogen) atoms. The summed E-state index contributed by atoms with van der Waals surface area (Å²) in [4.78, 5) is 24.7. The van der Waals surface area contributed by atoms with Gasteiger partial charge in [-0.05, 0) is 71.8 Å². The molecule has 6 nitrogen and oxygen atoms in total. The number of esters is 2. The molecule has 4 aromatic rings. The normalized spacial score (nSPS) is 11.0. The highest BCUT2D eigenvalue weighted by molar-refractivity contribution is 5.92. The summed E-state index contributed by atoms with van der Waals surface area (Å²) in [6.07, 6.45) is 0. The molecule has 0 heterocycles. The van der Waals surface area contributed by atoms with Crippen molar-refractivity contribution in [2.24, 2.45) is 0 Å². The average molecular weight is 467 g/mol. The number of carbonyl (C=O) groups is 2. The standard InChI is InChI=1S/C29H26N2O4/c1-29(2,21-9-13-25(14-10-21)34-27(32)19-5-3-7-23(30)17-19)22-11-15-26(16-12-22)35-28(33)20-6-4-8-24(31)18-20/h3-18H,30-31H2,1-2H3. The van der Waals surface area contributed by atoms with E-state index in [0.717, 1.165) is 11.1 Å². The van der Waals surface area contributed by atoms with E-state index in [4.69, 9.17) is 20.9 Å². The molecular weight excluding hydrogens is 440 g/mol. The van der Waals surface area contributed by atoms with Crippen LogP contribution in [0.4, 0.5) is 11.4 Å². The summed E-state index contributed by atoms with van der Waals surface area (Å²) in [6, 6.07) is 28.1. The molecule has 4 aromatic carbocycles. The van der Waals surface area contributed by atoms with Gasteiger partial charge in [0.15, 0.2) is 0 Å². The van der Waals surface area contributed by atoms with Crippen molar-refractivity contribution in [3.63, 3.8) is 0 Å². The van der Waals surface area contributed by atoms with Crippen LogP contribution in [0.5, 0.6) is 11.5 Å². The van der Waals surface area contributed by atoms with Gasteiger partial charge in [0.25, 0.3) is 0 Å². The number of carbonyl (C=O) groups excluding carboxylic acids is 2. The molecule has 0 atom stereocenters. The number of rotatable bonds is 6. The van der Waals surface area contributed by atoms with Crippen molar-refractivity contribution >= 4 is 23.3 Å². The summed E-state index contributed by atoms with van der Waals surface area (Å²) in [5, 5.41) is 0. The Hall–Kier alpha value is -4.58. The largest absolute Gasteiger partial charge is 0.423 e. The molecule has 176 valence electrons. The molecule has 0 aliphatic carbocycles. The van der Waals surface area contributed by atoms with Gasteiger partial charge >= 0.3 is 11.9 Å². The van der Waals surface area contributed by atoms with Gasteiger partial charge in [0.05, 0.1) is 11.1 Å². The Balaban J connectivity index is 1.44. The van der Waals surface area contributed by atoms with Crippen LogP contribution in [-0.4, -0.2) is 11.9 Å². The molecule has 0 unspecified atom stereocenters. The molecule has 0 spiro atoms. The van der Waals surface area contributed by atoms with E-state index in [1.165, 1.54) is 0 Å². The predicted octanol–water partition coefficient (Wildman–Crippen LogP) is 5.62. The summed E-state index contributed by atoms with van der Waals surface area (Å²) >= 11 is 0. The Labute approximate surface area is 204 Å². The Kier molecular flexibility index (Phi) is 6.55. The summed E-state index contributed by atoms with van der Waals surface area (Å²) < 4.78 is 10.9. The van der Waals surface area contributed by atoms with Crippen LogP contribution >= 0.6 is 0 Å². The van der Waals surface area contributed by atoms with Gasteiger partial charge in [-0.2, -0.15) is 0 Å². The smallest absolute Gasteiger partial charge is 0.343 e. The lowest BCUT2D eigenvalue weighted by atomic mass is 9.78. The lowest BCUT2D eigenvalue weighted by Crippen LogP contribution is -2.19. The topological polar surface area (TPSA) is 105 Å². The SMILES string of the molecule is CC(C)(c1ccc(OC(=O)c2cccc(N)c2)cc1)c1ccc(OC(=O)c2cccc(N)c2)cc1. The molecule has 6 heteroatoms. The van der Waals surface area contributed by atoms with Gasteiger partial charge in [-0.25, -0.2) is 9.59 Å². The quantitative estimate of drug-likeness (QED) is 0.217. The Morgan fingerprint density at radius 1 is 0.600 bits per heavy atom. The van der Waals surface area contributed by atoms with Crippen molar-refractivity contribution in [3.05, 3.63) is 119 Å². The third kappa shape index (κ3) is 5.50. The third-order valence-corrected chi connectivity index (χ3v) is 5.82. The molecule has 0 saturated carbocycles. The second-order valence-electron chi connectivity index (χ2n) is 8.70. The van der Waals surface area contributed by atoms with Crippen LogP contribution in [0.1, 0.15) is 45.7 Å². The lowest BCUT2D eigenvalue weighted by molar-refractivity contribution is 0.0725. The number of benzene rings is 4. The van der Waals surface area contributed by atoms with Gasteiger partial charge in [0.1, 0.15) is 11.5 Å². The first-order valence-electron chi connectivity index (χ1n) is 11.1. The lowest BCUT2D eigenvalue weighted by Gasteiger charge is -2.26. The average Bonchev–Trinajstić information content (AvgIpc) is 2.85. The van der Waals surface area contributed by atoms with E-state index in [9.17, 15) is 9.59 Å². The minimum Gasteiger partial charge on any atom is -0.423 e. The molecule has 0 radical (unpaired) electrons. The molecule has 0 fully saturated rings. The number of hydrogen-bond acceptors (Lipinski definition) is 6. The molecule has 4 N–H and O–H groups in total. The molecule has 0 aliphatic rings. The molecule has 0 amide bonds. The van der Waals surface area contributed by atoms with E-state index in [1.807, 2.05) is 24.3 Å². The van der Waals surface area contributed by atoms with Crippen LogP contribution in [0, 0.1) is 0 Å². The zero-order valence-electron chi connectivity index (χ0n) is 19.5. The van der Waals surface area contributed by atoms with Gasteiger partial charge in [0, 0.05) is 16.8 Å². The minimum absolute atomic E-state index is 0.340. The Bertz CT molecular complexity index is 1260. The summed E-state index contributed by atoms with van der Waals surface area (Å²) in [6.45, 7) is 4.18. The maximum atomic E-state index is 12.4. The first-order chi connectivity index (χ1) is 16.7. The maximum absolute atomic E-state index is 12.4. The number of nitrogen functional groups attached to an aromatic ring is 2. The summed E-state index contributed by atoms with van der Waals surface area (Å²) in [5.74, 6) is -0.0400. The van der Waals surface area contributed by atoms with Crippen LogP contribution in [-0.2, 0) is 5.41 Å². The maximum Gasteiger partial charge on any atom is 0.343 e. The fourth-order valence-corrected chi connectivity index (χ4v) is 3.71. The van der Waals surface area contributed by atoms with Crippen LogP contribution in [0.15, 0.2) is 97.1 Å². The van der Waals surface area contributed by atoms with Crippen LogP contribution < -0.4 is 20.9 Å². The highest BCUT2D eigenvalue weighted by atomic mass is 16.5. The van der Waals surface area contributed by atoms with Crippen LogP contribution in [0.2, 0.25) is 0 Å². The first kappa shape index (κ1) is 23.6. The molecular formula is C29H26N2O4. The van der Waals surface area contributed by atoms with Crippen molar-refractivity contribution in [2.45, 2.75) is 19.3 Å². The van der Waals surface area contributed by atoms with E-state index in [1.54, 1.807) is 72.8 Å². The van der Waals surface area contributed by atoms with Gasteiger partial charge in [0.2, 0.25) is 0 Å². The third-order valence-electron chi connectivity index (χ3n) is 5.82. The van der Waals surface area contributed by atoms with E-state index in [-0.39, 0.29) is 5.41 Å². The second kappa shape index (κ2) is 9.73. The van der Waals surface area contributed by atoms with Gasteiger partial charge < -0.3 is 20.9 Å². The Morgan fingerprint density at radius 2 is 0.971 bits per heavy atom. The highest BCUT2D eigenvalue weighted by Crippen LogP contribution is 2.33. The van der Waals surface area contributed by atoms with Crippen molar-refractivity contribution in [1.82, 2.24) is 0 Å². The van der Waals surface area contributed by atoms with Crippen molar-refractivity contribution in [2.75, 3.05) is 11.5 Å². The van der Waals surface area contributed by atoms with E-state index < -0.39 is 11.9 Å². The molecule has 4 rings (SSSR count). The number of nitrogens with two attached hydrogens (primary N) is 2. The monoisotopic (exact) mass is 466 g/mol. The number of hydrogen-bond donors (Lipinski definition) is 2. The first-order valence-corrected chi connectivity index (χ1v) is 11.1. The number of anilines is 2. The van der Waals surface area contributed by atoms with Gasteiger partial charge in [-0.15, -0.1) is 0 Å². The fourth-order valence-electron chi connectivity index (χ4n) is 3.71. The molecule has 0 bridgehead atoms. The zero-order chi connectivity index (χ0) is 25.0. The molecule has 0 aromatic heterocycles. The Morgan fingerprint density at radius 3 is 1.31 bits per heavy atom. The van der Waals surface area contributed by atoms with Crippen LogP contribution in [0.25, 0.3) is 0 Å².